The molecule has 0 saturated heterocycles. The van der Waals surface area contributed by atoms with Gasteiger partial charge in [-0.3, -0.25) is 4.79 Å². The molecule has 5 rings (SSSR count). The number of nitrogens with one attached hydrogen (secondary N) is 1. The molecule has 0 heterocycles. The van der Waals surface area contributed by atoms with Gasteiger partial charge < -0.3 is 19.9 Å². The maximum atomic E-state index is 13.1. The van der Waals surface area contributed by atoms with Crippen molar-refractivity contribution in [1.82, 2.24) is 5.32 Å². The Morgan fingerprint density at radius 3 is 2.18 bits per heavy atom. The van der Waals surface area contributed by atoms with Crippen molar-refractivity contribution in [3.05, 3.63) is 0 Å². The third-order valence-corrected chi connectivity index (χ3v) is 7.63. The summed E-state index contributed by atoms with van der Waals surface area (Å²) in [5, 5.41) is 12.5. The second kappa shape index (κ2) is 7.51. The molecule has 5 fully saturated rings. The summed E-state index contributed by atoms with van der Waals surface area (Å²) in [4.78, 5) is 24.3. The molecule has 6 nitrogen and oxygen atoms in total. The first kappa shape index (κ1) is 20.0. The zero-order chi connectivity index (χ0) is 19.9. The third-order valence-electron chi connectivity index (χ3n) is 7.63. The van der Waals surface area contributed by atoms with Gasteiger partial charge in [0.05, 0.1) is 6.10 Å². The predicted octanol–water partition coefficient (Wildman–Crippen LogP) is 4.26. The Kier molecular flexibility index (Phi) is 5.36. The molecule has 5 saturated carbocycles. The van der Waals surface area contributed by atoms with E-state index in [4.69, 9.17) is 14.6 Å². The van der Waals surface area contributed by atoms with Crippen LogP contribution < -0.4 is 5.32 Å². The van der Waals surface area contributed by atoms with Crippen molar-refractivity contribution in [3.8, 4) is 0 Å². The van der Waals surface area contributed by atoms with Crippen molar-refractivity contribution < 1.29 is 24.2 Å². The highest BCUT2D eigenvalue weighted by molar-refractivity contribution is 5.84. The average molecular weight is 394 g/mol. The maximum absolute atomic E-state index is 13.1. The summed E-state index contributed by atoms with van der Waals surface area (Å²) in [5.41, 5.74) is -1.35. The smallest absolute Gasteiger partial charge is 0.450 e. The van der Waals surface area contributed by atoms with Gasteiger partial charge in [0.1, 0.15) is 11.2 Å². The molecule has 158 valence electrons. The van der Waals surface area contributed by atoms with Crippen molar-refractivity contribution in [2.45, 2.75) is 108 Å². The van der Waals surface area contributed by atoms with E-state index >= 15 is 0 Å². The van der Waals surface area contributed by atoms with Crippen LogP contribution >= 0.6 is 0 Å². The van der Waals surface area contributed by atoms with Gasteiger partial charge in [0.15, 0.2) is 0 Å². The number of carbonyl (C=O) groups excluding carboxylic acids is 1. The Bertz CT molecular complexity index is 594. The first-order valence-electron chi connectivity index (χ1n) is 11.2. The van der Waals surface area contributed by atoms with E-state index in [9.17, 15) is 9.59 Å². The van der Waals surface area contributed by atoms with E-state index in [1.54, 1.807) is 0 Å². The fourth-order valence-corrected chi connectivity index (χ4v) is 6.65. The molecule has 28 heavy (non-hydrogen) atoms. The van der Waals surface area contributed by atoms with Gasteiger partial charge in [-0.05, 0) is 76.5 Å². The van der Waals surface area contributed by atoms with E-state index in [-0.39, 0.29) is 18.1 Å². The van der Waals surface area contributed by atoms with Gasteiger partial charge >= 0.3 is 6.16 Å². The topological polar surface area (TPSA) is 84.9 Å². The first-order valence-corrected chi connectivity index (χ1v) is 11.2. The minimum Gasteiger partial charge on any atom is -0.450 e. The molecule has 0 aliphatic heterocycles. The third kappa shape index (κ3) is 4.03. The van der Waals surface area contributed by atoms with Crippen LogP contribution in [0.2, 0.25) is 0 Å². The lowest BCUT2D eigenvalue weighted by molar-refractivity contribution is -0.165. The highest BCUT2D eigenvalue weighted by Gasteiger charge is 2.58. The molecule has 6 heteroatoms. The molecule has 0 radical (unpaired) electrons. The normalized spacial score (nSPS) is 38.1. The van der Waals surface area contributed by atoms with Crippen molar-refractivity contribution in [2.75, 3.05) is 0 Å². The summed E-state index contributed by atoms with van der Waals surface area (Å²) < 4.78 is 11.6. The van der Waals surface area contributed by atoms with Crippen molar-refractivity contribution >= 4 is 12.1 Å². The van der Waals surface area contributed by atoms with Crippen LogP contribution in [0.4, 0.5) is 4.79 Å². The van der Waals surface area contributed by atoms with Crippen LogP contribution in [0, 0.1) is 17.8 Å². The highest BCUT2D eigenvalue weighted by atomic mass is 16.7. The zero-order valence-corrected chi connectivity index (χ0v) is 17.2. The van der Waals surface area contributed by atoms with Crippen LogP contribution in [0.25, 0.3) is 0 Å². The Balaban J connectivity index is 1.39. The second-order valence-electron chi connectivity index (χ2n) is 10.3. The van der Waals surface area contributed by atoms with Crippen LogP contribution in [0.15, 0.2) is 0 Å². The van der Waals surface area contributed by atoms with Crippen LogP contribution in [0.5, 0.6) is 0 Å². The highest BCUT2D eigenvalue weighted by Crippen LogP contribution is 2.57. The van der Waals surface area contributed by atoms with Gasteiger partial charge in [-0.25, -0.2) is 4.79 Å². The lowest BCUT2D eigenvalue weighted by atomic mass is 9.52. The number of carbonyl (C=O) groups is 2. The number of rotatable bonds is 5. The van der Waals surface area contributed by atoms with Gasteiger partial charge in [-0.2, -0.15) is 0 Å². The maximum Gasteiger partial charge on any atom is 0.506 e. The molecule has 0 spiro atoms. The summed E-state index contributed by atoms with van der Waals surface area (Å²) in [7, 11) is 0. The van der Waals surface area contributed by atoms with Crippen molar-refractivity contribution in [1.29, 1.82) is 0 Å². The van der Waals surface area contributed by atoms with E-state index in [1.165, 1.54) is 25.7 Å². The summed E-state index contributed by atoms with van der Waals surface area (Å²) in [5.74, 6) is 1.12. The first-order chi connectivity index (χ1) is 13.3. The van der Waals surface area contributed by atoms with Crippen LogP contribution in [0.1, 0.15) is 84.5 Å². The van der Waals surface area contributed by atoms with Crippen molar-refractivity contribution in [2.24, 2.45) is 17.8 Å². The fourth-order valence-electron chi connectivity index (χ4n) is 6.65. The van der Waals surface area contributed by atoms with Gasteiger partial charge in [0.2, 0.25) is 0 Å². The number of amides is 1. The Hall–Kier alpha value is -1.30. The minimum atomic E-state index is -1.17. The van der Waals surface area contributed by atoms with E-state index < -0.39 is 17.4 Å². The van der Waals surface area contributed by atoms with Gasteiger partial charge in [-0.1, -0.05) is 25.7 Å². The SMILES string of the molecule is CC(C)(OC1CCCCCC1)C(=O)NC1C2CC3CC1CC(OC(=O)O)(C3)C2. The molecule has 0 aromatic carbocycles. The molecule has 2 N–H and O–H groups in total. The summed E-state index contributed by atoms with van der Waals surface area (Å²) in [6, 6.07) is 0.117. The van der Waals surface area contributed by atoms with Gasteiger partial charge in [0.25, 0.3) is 5.91 Å². The lowest BCUT2D eigenvalue weighted by Crippen LogP contribution is -2.64. The van der Waals surface area contributed by atoms with Gasteiger partial charge in [0, 0.05) is 6.04 Å². The van der Waals surface area contributed by atoms with Crippen molar-refractivity contribution in [3.63, 3.8) is 0 Å². The number of hydrogen-bond acceptors (Lipinski definition) is 4. The largest absolute Gasteiger partial charge is 0.506 e. The Morgan fingerprint density at radius 1 is 1.00 bits per heavy atom. The Labute approximate surface area is 167 Å². The number of carboxylic acid groups (broad SMARTS) is 1. The Morgan fingerprint density at radius 2 is 1.61 bits per heavy atom. The molecule has 0 aromatic heterocycles. The second-order valence-corrected chi connectivity index (χ2v) is 10.3. The molecule has 4 bridgehead atoms. The standard InChI is InChI=1S/C22H35NO5/c1-21(2,27-17-7-5-3-4-6-8-17)19(24)23-18-15-9-14-10-16(18)13-22(11-14,12-15)28-20(25)26/h14-18H,3-13H2,1-2H3,(H,23,24)(H,25,26). The van der Waals surface area contributed by atoms with Gasteiger partial charge in [-0.15, -0.1) is 0 Å². The average Bonchev–Trinajstić information content (AvgIpc) is 2.84. The molecule has 1 amide bonds. The van der Waals surface area contributed by atoms with E-state index in [0.717, 1.165) is 44.9 Å². The van der Waals surface area contributed by atoms with Crippen LogP contribution in [0.3, 0.4) is 0 Å². The molecular weight excluding hydrogens is 358 g/mol. The quantitative estimate of drug-likeness (QED) is 0.538. The van der Waals surface area contributed by atoms with Crippen LogP contribution in [-0.2, 0) is 14.3 Å². The fraction of sp³-hybridized carbons (Fsp3) is 0.909. The molecule has 2 atom stereocenters. The molecule has 5 aliphatic rings. The molecule has 5 aliphatic carbocycles. The molecular formula is C22H35NO5. The molecule has 2 unspecified atom stereocenters. The monoisotopic (exact) mass is 393 g/mol. The summed E-state index contributed by atoms with van der Waals surface area (Å²) in [6.07, 6.45) is 10.4. The van der Waals surface area contributed by atoms with Crippen LogP contribution in [-0.4, -0.2) is 40.5 Å². The minimum absolute atomic E-state index is 0.0255. The van der Waals surface area contributed by atoms with E-state index in [2.05, 4.69) is 5.32 Å². The number of hydrogen-bond donors (Lipinski definition) is 2. The lowest BCUT2D eigenvalue weighted by Gasteiger charge is -2.59. The predicted molar refractivity (Wildman–Crippen MR) is 104 cm³/mol. The zero-order valence-electron chi connectivity index (χ0n) is 17.2. The summed E-state index contributed by atoms with van der Waals surface area (Å²) >= 11 is 0. The molecule has 0 aromatic rings. The van der Waals surface area contributed by atoms with E-state index in [1.807, 2.05) is 13.8 Å². The summed E-state index contributed by atoms with van der Waals surface area (Å²) in [6.45, 7) is 3.77. The van der Waals surface area contributed by atoms with E-state index in [0.29, 0.717) is 17.8 Å². The number of ether oxygens (including phenoxy) is 2.